The van der Waals surface area contributed by atoms with Crippen LogP contribution in [0.15, 0.2) is 28.8 Å². The highest BCUT2D eigenvalue weighted by molar-refractivity contribution is 7.80. The Morgan fingerprint density at radius 2 is 1.83 bits per heavy atom. The number of halogens is 2. The second-order valence-electron chi connectivity index (χ2n) is 5.78. The van der Waals surface area contributed by atoms with Gasteiger partial charge in [0, 0.05) is 54.5 Å². The molecule has 1 aliphatic rings. The molecule has 2 aromatic rings. The van der Waals surface area contributed by atoms with E-state index in [1.165, 1.54) is 0 Å². The Morgan fingerprint density at radius 3 is 2.42 bits per heavy atom. The van der Waals surface area contributed by atoms with Crippen molar-refractivity contribution in [3.05, 3.63) is 45.8 Å². The molecule has 1 aromatic heterocycles. The van der Waals surface area contributed by atoms with E-state index in [1.807, 2.05) is 25.1 Å². The summed E-state index contributed by atoms with van der Waals surface area (Å²) in [4.78, 5) is 4.49. The zero-order valence-corrected chi connectivity index (χ0v) is 15.6. The van der Waals surface area contributed by atoms with Crippen LogP contribution in [0, 0.1) is 6.92 Å². The second kappa shape index (κ2) is 7.70. The Kier molecular flexibility index (Phi) is 5.61. The van der Waals surface area contributed by atoms with Crippen molar-refractivity contribution < 1.29 is 4.52 Å². The van der Waals surface area contributed by atoms with Crippen LogP contribution >= 0.6 is 35.4 Å². The van der Waals surface area contributed by atoms with E-state index in [4.69, 9.17) is 39.9 Å². The third-order valence-electron chi connectivity index (χ3n) is 3.84. The van der Waals surface area contributed by atoms with Gasteiger partial charge in [-0.2, -0.15) is 0 Å². The highest BCUT2D eigenvalue weighted by Gasteiger charge is 2.20. The lowest BCUT2D eigenvalue weighted by molar-refractivity contribution is 0.173. The maximum Gasteiger partial charge on any atom is 0.173 e. The first-order valence-corrected chi connectivity index (χ1v) is 8.82. The van der Waals surface area contributed by atoms with E-state index in [0.29, 0.717) is 15.2 Å². The molecule has 0 amide bonds. The molecule has 24 heavy (non-hydrogen) atoms. The average molecular weight is 385 g/mol. The topological polar surface area (TPSA) is 44.5 Å². The number of hydrogen-bond donors (Lipinski definition) is 1. The number of aromatic nitrogens is 1. The van der Waals surface area contributed by atoms with E-state index in [-0.39, 0.29) is 0 Å². The first-order chi connectivity index (χ1) is 11.5. The van der Waals surface area contributed by atoms with Crippen molar-refractivity contribution in [3.63, 3.8) is 0 Å². The highest BCUT2D eigenvalue weighted by Crippen LogP contribution is 2.23. The Balaban J connectivity index is 1.51. The monoisotopic (exact) mass is 384 g/mol. The molecule has 0 unspecified atom stereocenters. The highest BCUT2D eigenvalue weighted by atomic mass is 35.5. The molecular formula is C16H18Cl2N4OS. The molecule has 3 rings (SSSR count). The first-order valence-electron chi connectivity index (χ1n) is 7.66. The molecule has 0 aliphatic carbocycles. The van der Waals surface area contributed by atoms with Crippen LogP contribution in [0.1, 0.15) is 11.5 Å². The van der Waals surface area contributed by atoms with Gasteiger partial charge in [-0.05, 0) is 37.3 Å². The zero-order chi connectivity index (χ0) is 17.1. The molecule has 1 N–H and O–H groups in total. The molecule has 1 fully saturated rings. The first kappa shape index (κ1) is 17.5. The van der Waals surface area contributed by atoms with E-state index in [9.17, 15) is 0 Å². The Morgan fingerprint density at radius 1 is 1.17 bits per heavy atom. The normalized spacial score (nSPS) is 15.5. The fourth-order valence-electron chi connectivity index (χ4n) is 2.66. The number of aryl methyl sites for hydroxylation is 1. The Bertz CT molecular complexity index is 708. The van der Waals surface area contributed by atoms with Gasteiger partial charge in [0.2, 0.25) is 0 Å². The van der Waals surface area contributed by atoms with Crippen molar-refractivity contribution >= 4 is 46.2 Å². The fraction of sp³-hybridized carbons (Fsp3) is 0.375. The molecule has 1 aromatic carbocycles. The second-order valence-corrected chi connectivity index (χ2v) is 7.04. The average Bonchev–Trinajstić information content (AvgIpc) is 2.92. The van der Waals surface area contributed by atoms with Gasteiger partial charge in [0.25, 0.3) is 0 Å². The molecule has 2 heterocycles. The van der Waals surface area contributed by atoms with E-state index in [1.54, 1.807) is 6.07 Å². The summed E-state index contributed by atoms with van der Waals surface area (Å²) in [5.74, 6) is 0.842. The Hall–Kier alpha value is -1.34. The van der Waals surface area contributed by atoms with Gasteiger partial charge in [0.05, 0.1) is 5.69 Å². The third kappa shape index (κ3) is 4.60. The smallest absolute Gasteiger partial charge is 0.173 e. The predicted octanol–water partition coefficient (Wildman–Crippen LogP) is 3.80. The quantitative estimate of drug-likeness (QED) is 0.811. The lowest BCUT2D eigenvalue weighted by Gasteiger charge is -2.35. The van der Waals surface area contributed by atoms with Crippen LogP contribution in [0.4, 0.5) is 5.69 Å². The maximum atomic E-state index is 6.02. The molecule has 0 atom stereocenters. The molecule has 1 saturated heterocycles. The van der Waals surface area contributed by atoms with Crippen molar-refractivity contribution in [1.82, 2.24) is 15.0 Å². The SMILES string of the molecule is Cc1cc(CN2CCN(C(=S)Nc3cc(Cl)cc(Cl)c3)CC2)no1. The molecule has 0 bridgehead atoms. The van der Waals surface area contributed by atoms with Gasteiger partial charge in [-0.3, -0.25) is 4.90 Å². The minimum Gasteiger partial charge on any atom is -0.361 e. The summed E-state index contributed by atoms with van der Waals surface area (Å²) >= 11 is 17.5. The zero-order valence-electron chi connectivity index (χ0n) is 13.3. The molecular weight excluding hydrogens is 367 g/mol. The van der Waals surface area contributed by atoms with Crippen LogP contribution in [0.5, 0.6) is 0 Å². The number of nitrogens with zero attached hydrogens (tertiary/aromatic N) is 3. The molecule has 0 saturated carbocycles. The molecule has 8 heteroatoms. The standard InChI is InChI=1S/C16H18Cl2N4OS/c1-11-6-15(20-23-11)10-21-2-4-22(5-3-21)16(24)19-14-8-12(17)7-13(18)9-14/h6-9H,2-5,10H2,1H3,(H,19,24). The van der Waals surface area contributed by atoms with Gasteiger partial charge in [0.15, 0.2) is 5.11 Å². The molecule has 0 radical (unpaired) electrons. The Labute approximate surface area is 156 Å². The van der Waals surface area contributed by atoms with Crippen LogP contribution < -0.4 is 5.32 Å². The summed E-state index contributed by atoms with van der Waals surface area (Å²) in [6.45, 7) is 6.26. The number of anilines is 1. The van der Waals surface area contributed by atoms with E-state index < -0.39 is 0 Å². The molecule has 0 spiro atoms. The number of benzene rings is 1. The van der Waals surface area contributed by atoms with Crippen molar-refractivity contribution in [2.75, 3.05) is 31.5 Å². The van der Waals surface area contributed by atoms with Gasteiger partial charge in [-0.25, -0.2) is 0 Å². The van der Waals surface area contributed by atoms with Gasteiger partial charge < -0.3 is 14.7 Å². The van der Waals surface area contributed by atoms with Crippen LogP contribution in [-0.4, -0.2) is 46.2 Å². The van der Waals surface area contributed by atoms with Crippen LogP contribution in [0.2, 0.25) is 10.0 Å². The van der Waals surface area contributed by atoms with Crippen LogP contribution in [0.3, 0.4) is 0 Å². The van der Waals surface area contributed by atoms with Gasteiger partial charge >= 0.3 is 0 Å². The summed E-state index contributed by atoms with van der Waals surface area (Å²) in [6.07, 6.45) is 0. The number of thiocarbonyl (C=S) groups is 1. The maximum absolute atomic E-state index is 6.02. The minimum absolute atomic E-state index is 0.584. The van der Waals surface area contributed by atoms with Crippen molar-refractivity contribution in [3.8, 4) is 0 Å². The van der Waals surface area contributed by atoms with E-state index in [0.717, 1.165) is 49.9 Å². The van der Waals surface area contributed by atoms with E-state index in [2.05, 4.69) is 20.3 Å². The van der Waals surface area contributed by atoms with Gasteiger partial charge in [0.1, 0.15) is 5.76 Å². The summed E-state index contributed by atoms with van der Waals surface area (Å²) < 4.78 is 5.11. The van der Waals surface area contributed by atoms with Crippen LogP contribution in [0.25, 0.3) is 0 Å². The van der Waals surface area contributed by atoms with Crippen LogP contribution in [-0.2, 0) is 6.54 Å². The third-order valence-corrected chi connectivity index (χ3v) is 4.63. The van der Waals surface area contributed by atoms with E-state index >= 15 is 0 Å². The molecule has 128 valence electrons. The van der Waals surface area contributed by atoms with Gasteiger partial charge in [-0.15, -0.1) is 0 Å². The van der Waals surface area contributed by atoms with Crippen molar-refractivity contribution in [2.24, 2.45) is 0 Å². The lowest BCUT2D eigenvalue weighted by Crippen LogP contribution is -2.49. The largest absolute Gasteiger partial charge is 0.361 e. The summed E-state index contributed by atoms with van der Waals surface area (Å²) in [7, 11) is 0. The molecule has 1 aliphatic heterocycles. The lowest BCUT2D eigenvalue weighted by atomic mass is 10.3. The summed E-state index contributed by atoms with van der Waals surface area (Å²) in [6, 6.07) is 7.29. The summed E-state index contributed by atoms with van der Waals surface area (Å²) in [5, 5.41) is 9.10. The predicted molar refractivity (Wildman–Crippen MR) is 101 cm³/mol. The number of hydrogen-bond acceptors (Lipinski definition) is 4. The summed E-state index contributed by atoms with van der Waals surface area (Å²) in [5.41, 5.74) is 1.77. The molecule has 5 nitrogen and oxygen atoms in total. The number of piperazine rings is 1. The fourth-order valence-corrected chi connectivity index (χ4v) is 3.49. The minimum atomic E-state index is 0.584. The van der Waals surface area contributed by atoms with Crippen molar-refractivity contribution in [2.45, 2.75) is 13.5 Å². The number of rotatable bonds is 3. The number of nitrogens with one attached hydrogen (secondary N) is 1. The van der Waals surface area contributed by atoms with Crippen molar-refractivity contribution in [1.29, 1.82) is 0 Å². The van der Waals surface area contributed by atoms with Gasteiger partial charge in [-0.1, -0.05) is 28.4 Å².